The highest BCUT2D eigenvalue weighted by Crippen LogP contribution is 2.45. The molecule has 2 fully saturated rings. The smallest absolute Gasteiger partial charge is 0.337 e. The molecule has 2 saturated heterocycles. The van der Waals surface area contributed by atoms with Gasteiger partial charge in [-0.25, -0.2) is 4.79 Å². The van der Waals surface area contributed by atoms with Gasteiger partial charge in [-0.15, -0.1) is 0 Å². The number of pyridine rings is 1. The molecule has 9 heteroatoms. The van der Waals surface area contributed by atoms with Crippen molar-refractivity contribution in [1.29, 1.82) is 0 Å². The number of hydrogen-bond acceptors (Lipinski definition) is 5. The maximum Gasteiger partial charge on any atom is 0.337 e. The molecule has 0 aliphatic carbocycles. The van der Waals surface area contributed by atoms with Crippen LogP contribution in [0.25, 0.3) is 5.69 Å². The fourth-order valence-corrected chi connectivity index (χ4v) is 7.12. The zero-order valence-corrected chi connectivity index (χ0v) is 26.5. The topological polar surface area (TPSA) is 62.6 Å². The Morgan fingerprint density at radius 3 is 2.51 bits per heavy atom. The number of thiocarbonyl (C=S) groups is 1. The van der Waals surface area contributed by atoms with Crippen molar-refractivity contribution < 1.29 is 9.53 Å². The van der Waals surface area contributed by atoms with Crippen molar-refractivity contribution in [3.63, 3.8) is 0 Å². The monoisotopic (exact) mass is 613 g/mol. The van der Waals surface area contributed by atoms with Crippen LogP contribution >= 0.6 is 23.8 Å². The summed E-state index contributed by atoms with van der Waals surface area (Å²) in [7, 11) is 1.40. The molecule has 2 aromatic heterocycles. The molecule has 4 heterocycles. The largest absolute Gasteiger partial charge is 0.465 e. The van der Waals surface area contributed by atoms with Crippen molar-refractivity contribution in [1.82, 2.24) is 14.9 Å². The van der Waals surface area contributed by atoms with Gasteiger partial charge < -0.3 is 24.4 Å². The fourth-order valence-electron chi connectivity index (χ4n) is 6.47. The fraction of sp³-hybridized carbons (Fsp3) is 0.324. The maximum absolute atomic E-state index is 12.3. The van der Waals surface area contributed by atoms with Crippen molar-refractivity contribution in [3.05, 3.63) is 106 Å². The molecular weight excluding hydrogens is 578 g/mol. The minimum atomic E-state index is -0.365. The number of aromatic nitrogens is 2. The van der Waals surface area contributed by atoms with E-state index in [9.17, 15) is 4.79 Å². The van der Waals surface area contributed by atoms with Gasteiger partial charge in [0.2, 0.25) is 0 Å². The molecule has 0 amide bonds. The van der Waals surface area contributed by atoms with Crippen LogP contribution in [0.2, 0.25) is 5.02 Å². The number of benzene rings is 2. The average molecular weight is 614 g/mol. The van der Waals surface area contributed by atoms with Crippen molar-refractivity contribution in [2.45, 2.75) is 45.7 Å². The molecule has 6 rings (SSSR count). The molecule has 1 N–H and O–H groups in total. The second-order valence-corrected chi connectivity index (χ2v) is 12.3. The van der Waals surface area contributed by atoms with E-state index in [-0.39, 0.29) is 18.1 Å². The van der Waals surface area contributed by atoms with Crippen molar-refractivity contribution in [3.8, 4) is 5.69 Å². The van der Waals surface area contributed by atoms with Gasteiger partial charge in [0.1, 0.15) is 0 Å². The minimum absolute atomic E-state index is 0.189. The van der Waals surface area contributed by atoms with Crippen LogP contribution < -0.4 is 15.1 Å². The van der Waals surface area contributed by atoms with E-state index in [0.717, 1.165) is 63.7 Å². The molecule has 0 unspecified atom stereocenters. The predicted octanol–water partition coefficient (Wildman–Crippen LogP) is 7.34. The second-order valence-electron chi connectivity index (χ2n) is 11.5. The third-order valence-corrected chi connectivity index (χ3v) is 9.36. The summed E-state index contributed by atoms with van der Waals surface area (Å²) in [6, 6.07) is 21.6. The molecule has 43 heavy (non-hydrogen) atoms. The highest BCUT2D eigenvalue weighted by molar-refractivity contribution is 7.80. The summed E-state index contributed by atoms with van der Waals surface area (Å²) in [5.41, 5.74) is 7.49. The van der Waals surface area contributed by atoms with Crippen molar-refractivity contribution in [2.75, 3.05) is 30.0 Å². The minimum Gasteiger partial charge on any atom is -0.465 e. The van der Waals surface area contributed by atoms with Crippen LogP contribution in [-0.4, -0.2) is 40.8 Å². The van der Waals surface area contributed by atoms with Gasteiger partial charge in [0, 0.05) is 42.0 Å². The van der Waals surface area contributed by atoms with Gasteiger partial charge in [0.05, 0.1) is 41.2 Å². The van der Waals surface area contributed by atoms with E-state index in [2.05, 4.69) is 58.7 Å². The van der Waals surface area contributed by atoms with Crippen LogP contribution in [0, 0.1) is 19.8 Å². The van der Waals surface area contributed by atoms with E-state index in [1.807, 2.05) is 48.7 Å². The Bertz CT molecular complexity index is 1660. The Hall–Kier alpha value is -3.88. The number of aryl methyl sites for hydroxylation is 1. The van der Waals surface area contributed by atoms with E-state index in [1.54, 1.807) is 6.07 Å². The molecular formula is C34H36ClN5O2S. The lowest BCUT2D eigenvalue weighted by atomic mass is 9.96. The molecule has 0 saturated carbocycles. The number of ether oxygens (including phenoxy) is 1. The number of piperidine rings is 1. The van der Waals surface area contributed by atoms with Crippen LogP contribution in [0.5, 0.6) is 0 Å². The lowest BCUT2D eigenvalue weighted by Crippen LogP contribution is -2.33. The Kier molecular flexibility index (Phi) is 8.16. The van der Waals surface area contributed by atoms with Gasteiger partial charge in [0.25, 0.3) is 0 Å². The highest BCUT2D eigenvalue weighted by atomic mass is 35.5. The van der Waals surface area contributed by atoms with Gasteiger partial charge in [-0.3, -0.25) is 4.98 Å². The third-order valence-electron chi connectivity index (χ3n) is 8.75. The Morgan fingerprint density at radius 1 is 1.02 bits per heavy atom. The van der Waals surface area contributed by atoms with Crippen LogP contribution in [0.1, 0.15) is 64.9 Å². The number of esters is 1. The van der Waals surface area contributed by atoms with E-state index in [1.165, 1.54) is 20.0 Å². The van der Waals surface area contributed by atoms with E-state index >= 15 is 0 Å². The average Bonchev–Trinajstić information content (AvgIpc) is 3.52. The summed E-state index contributed by atoms with van der Waals surface area (Å²) in [6.07, 6.45) is 4.15. The van der Waals surface area contributed by atoms with Gasteiger partial charge in [-0.05, 0) is 105 Å². The quantitative estimate of drug-likeness (QED) is 0.180. The molecule has 2 aliphatic heterocycles. The number of hydrogen-bond donors (Lipinski definition) is 1. The molecule has 2 aliphatic rings. The van der Waals surface area contributed by atoms with Gasteiger partial charge in [-0.1, -0.05) is 30.7 Å². The van der Waals surface area contributed by atoms with Crippen LogP contribution in [0.15, 0.2) is 72.9 Å². The third kappa shape index (κ3) is 5.50. The van der Waals surface area contributed by atoms with Crippen LogP contribution in [0.3, 0.4) is 0 Å². The van der Waals surface area contributed by atoms with Crippen molar-refractivity contribution >= 4 is 46.3 Å². The molecule has 2 aromatic carbocycles. The Labute approximate surface area is 263 Å². The first-order chi connectivity index (χ1) is 20.8. The summed E-state index contributed by atoms with van der Waals surface area (Å²) in [5.74, 6) is 0.379. The van der Waals surface area contributed by atoms with E-state index < -0.39 is 0 Å². The molecule has 0 bridgehead atoms. The standard InChI is InChI=1S/C34H36ClN5O2S/c1-21-13-16-38(17-14-21)30-12-11-26(20-28(30)35)40-32(31(37-34(40)43)29-10-5-6-15-36-29)27-18-22(2)39(23(27)3)25-9-7-8-24(19-25)33(41)42-4/h5-12,15,18-21,31-32H,13-14,16-17H2,1-4H3,(H,37,43)/t31-,32-/m0/s1. The molecule has 7 nitrogen and oxygen atoms in total. The van der Waals surface area contributed by atoms with Gasteiger partial charge in [0.15, 0.2) is 5.11 Å². The summed E-state index contributed by atoms with van der Waals surface area (Å²) in [6.45, 7) is 8.52. The number of nitrogens with zero attached hydrogens (tertiary/aromatic N) is 4. The summed E-state index contributed by atoms with van der Waals surface area (Å²) < 4.78 is 7.15. The Balaban J connectivity index is 1.43. The number of methoxy groups -OCH3 is 1. The highest BCUT2D eigenvalue weighted by Gasteiger charge is 2.42. The van der Waals surface area contributed by atoms with Gasteiger partial charge in [-0.2, -0.15) is 0 Å². The first-order valence-corrected chi connectivity index (χ1v) is 15.5. The second kappa shape index (κ2) is 12.0. The molecule has 4 aromatic rings. The first-order valence-electron chi connectivity index (χ1n) is 14.7. The normalized spacial score (nSPS) is 19.0. The SMILES string of the molecule is COC(=O)c1cccc(-n2c(C)cc([C@H]3[C@H](c4ccccn4)NC(=S)N3c3ccc(N4CCC(C)CC4)c(Cl)c3)c2C)c1. The van der Waals surface area contributed by atoms with E-state index in [4.69, 9.17) is 33.5 Å². The maximum atomic E-state index is 12.3. The molecule has 0 radical (unpaired) electrons. The van der Waals surface area contributed by atoms with Crippen LogP contribution in [0.4, 0.5) is 11.4 Å². The Morgan fingerprint density at radius 2 is 1.81 bits per heavy atom. The number of carbonyl (C=O) groups is 1. The number of anilines is 2. The zero-order chi connectivity index (χ0) is 30.2. The first kappa shape index (κ1) is 29.2. The summed E-state index contributed by atoms with van der Waals surface area (Å²) >= 11 is 13.0. The lowest BCUT2D eigenvalue weighted by molar-refractivity contribution is 0.0600. The van der Waals surface area contributed by atoms with E-state index in [0.29, 0.717) is 10.7 Å². The van der Waals surface area contributed by atoms with Crippen molar-refractivity contribution in [2.24, 2.45) is 5.92 Å². The summed E-state index contributed by atoms with van der Waals surface area (Å²) in [5, 5.41) is 4.91. The number of carbonyl (C=O) groups excluding carboxylic acids is 1. The zero-order valence-electron chi connectivity index (χ0n) is 24.9. The van der Waals surface area contributed by atoms with Gasteiger partial charge >= 0.3 is 5.97 Å². The van der Waals surface area contributed by atoms with Crippen LogP contribution in [-0.2, 0) is 4.74 Å². The number of halogens is 1. The molecule has 2 atom stereocenters. The summed E-state index contributed by atoms with van der Waals surface area (Å²) in [4.78, 5) is 21.6. The molecule has 0 spiro atoms. The predicted molar refractivity (Wildman–Crippen MR) is 177 cm³/mol. The lowest BCUT2D eigenvalue weighted by Gasteiger charge is -2.33. The molecule has 222 valence electrons. The number of rotatable bonds is 6. The number of nitrogens with one attached hydrogen (secondary N) is 1.